The largest absolute Gasteiger partial charge is 0.456 e. The summed E-state index contributed by atoms with van der Waals surface area (Å²) in [4.78, 5) is 0. The standard InChI is InChI=1S/C17H16O/c1-5-15-12(4)16-11(3)10(2)13-8-6-7-9-14(13)17(16)18-15/h5-9H,1H2,2-4H3. The summed E-state index contributed by atoms with van der Waals surface area (Å²) in [5, 5.41) is 3.69. The quantitative estimate of drug-likeness (QED) is 0.569. The maximum Gasteiger partial charge on any atom is 0.143 e. The van der Waals surface area contributed by atoms with Gasteiger partial charge >= 0.3 is 0 Å². The van der Waals surface area contributed by atoms with E-state index in [1.807, 2.05) is 0 Å². The fourth-order valence-electron chi connectivity index (χ4n) is 2.76. The third-order valence-electron chi connectivity index (χ3n) is 3.88. The van der Waals surface area contributed by atoms with Gasteiger partial charge in [0.2, 0.25) is 0 Å². The van der Waals surface area contributed by atoms with Gasteiger partial charge in [-0.2, -0.15) is 0 Å². The summed E-state index contributed by atoms with van der Waals surface area (Å²) in [7, 11) is 0. The van der Waals surface area contributed by atoms with Crippen LogP contribution in [0.4, 0.5) is 0 Å². The molecule has 0 saturated carbocycles. The van der Waals surface area contributed by atoms with Crippen LogP contribution in [0.25, 0.3) is 27.8 Å². The molecule has 1 heteroatoms. The predicted octanol–water partition coefficient (Wildman–Crippen LogP) is 5.15. The molecule has 0 bridgehead atoms. The van der Waals surface area contributed by atoms with Crippen LogP contribution in [0.15, 0.2) is 35.3 Å². The highest BCUT2D eigenvalue weighted by Gasteiger charge is 2.15. The molecule has 0 atom stereocenters. The van der Waals surface area contributed by atoms with E-state index in [0.717, 1.165) is 11.3 Å². The number of hydrogen-bond acceptors (Lipinski definition) is 1. The molecule has 0 saturated heterocycles. The first-order valence-electron chi connectivity index (χ1n) is 6.18. The minimum Gasteiger partial charge on any atom is -0.456 e. The van der Waals surface area contributed by atoms with Gasteiger partial charge in [0.25, 0.3) is 0 Å². The molecule has 0 amide bonds. The molecule has 1 heterocycles. The average Bonchev–Trinajstić information content (AvgIpc) is 2.73. The van der Waals surface area contributed by atoms with Gasteiger partial charge in [-0.25, -0.2) is 0 Å². The van der Waals surface area contributed by atoms with Crippen LogP contribution in [0, 0.1) is 20.8 Å². The normalized spacial score (nSPS) is 11.3. The minimum atomic E-state index is 0.879. The Morgan fingerprint density at radius 1 is 0.944 bits per heavy atom. The zero-order valence-corrected chi connectivity index (χ0v) is 11.0. The Hall–Kier alpha value is -2.02. The topological polar surface area (TPSA) is 13.1 Å². The third-order valence-corrected chi connectivity index (χ3v) is 3.88. The fourth-order valence-corrected chi connectivity index (χ4v) is 2.76. The maximum atomic E-state index is 5.98. The third kappa shape index (κ3) is 1.28. The molecule has 0 N–H and O–H groups in total. The highest BCUT2D eigenvalue weighted by molar-refractivity contribution is 6.09. The highest BCUT2D eigenvalue weighted by atomic mass is 16.3. The molecule has 0 aliphatic rings. The average molecular weight is 236 g/mol. The number of rotatable bonds is 1. The van der Waals surface area contributed by atoms with Gasteiger partial charge in [0.1, 0.15) is 11.3 Å². The Kier molecular flexibility index (Phi) is 2.30. The number of fused-ring (bicyclic) bond motifs is 3. The predicted molar refractivity (Wildman–Crippen MR) is 78.0 cm³/mol. The molecule has 0 spiro atoms. The van der Waals surface area contributed by atoms with Crippen molar-refractivity contribution in [3.8, 4) is 0 Å². The highest BCUT2D eigenvalue weighted by Crippen LogP contribution is 2.37. The Bertz CT molecular complexity index is 775. The van der Waals surface area contributed by atoms with Gasteiger partial charge in [0, 0.05) is 16.3 Å². The smallest absolute Gasteiger partial charge is 0.143 e. The van der Waals surface area contributed by atoms with Crippen LogP contribution in [0.1, 0.15) is 22.5 Å². The summed E-state index contributed by atoms with van der Waals surface area (Å²) < 4.78 is 5.98. The molecular weight excluding hydrogens is 220 g/mol. The van der Waals surface area contributed by atoms with E-state index in [-0.39, 0.29) is 0 Å². The van der Waals surface area contributed by atoms with Crippen LogP contribution in [-0.2, 0) is 0 Å². The molecule has 18 heavy (non-hydrogen) atoms. The van der Waals surface area contributed by atoms with Gasteiger partial charge in [-0.05, 0) is 43.4 Å². The first kappa shape index (κ1) is 11.1. The second kappa shape index (κ2) is 3.74. The van der Waals surface area contributed by atoms with E-state index in [1.54, 1.807) is 6.08 Å². The van der Waals surface area contributed by atoms with Crippen molar-refractivity contribution in [3.63, 3.8) is 0 Å². The first-order chi connectivity index (χ1) is 8.65. The van der Waals surface area contributed by atoms with Gasteiger partial charge in [-0.15, -0.1) is 0 Å². The molecule has 3 rings (SSSR count). The van der Waals surface area contributed by atoms with Crippen molar-refractivity contribution in [3.05, 3.63) is 53.3 Å². The number of benzene rings is 2. The summed E-state index contributed by atoms with van der Waals surface area (Å²) in [6.07, 6.45) is 1.79. The lowest BCUT2D eigenvalue weighted by molar-refractivity contribution is 0.604. The fraction of sp³-hybridized carbons (Fsp3) is 0.176. The van der Waals surface area contributed by atoms with E-state index in [4.69, 9.17) is 4.42 Å². The Morgan fingerprint density at radius 2 is 1.61 bits per heavy atom. The van der Waals surface area contributed by atoms with E-state index in [0.29, 0.717) is 0 Å². The van der Waals surface area contributed by atoms with Gasteiger partial charge in [-0.1, -0.05) is 30.8 Å². The molecule has 0 radical (unpaired) electrons. The van der Waals surface area contributed by atoms with E-state index >= 15 is 0 Å². The van der Waals surface area contributed by atoms with Crippen LogP contribution < -0.4 is 0 Å². The minimum absolute atomic E-state index is 0.879. The number of aryl methyl sites for hydroxylation is 3. The van der Waals surface area contributed by atoms with Crippen LogP contribution >= 0.6 is 0 Å². The SMILES string of the molecule is C=Cc1oc2c(c1C)c(C)c(C)c1ccccc12. The van der Waals surface area contributed by atoms with Gasteiger partial charge in [0.15, 0.2) is 0 Å². The summed E-state index contributed by atoms with van der Waals surface area (Å²) >= 11 is 0. The van der Waals surface area contributed by atoms with Crippen molar-refractivity contribution < 1.29 is 4.42 Å². The van der Waals surface area contributed by atoms with E-state index in [2.05, 4.69) is 51.6 Å². The molecule has 0 aliphatic carbocycles. The summed E-state index contributed by atoms with van der Waals surface area (Å²) in [5.74, 6) is 0.879. The Morgan fingerprint density at radius 3 is 2.28 bits per heavy atom. The summed E-state index contributed by atoms with van der Waals surface area (Å²) in [6, 6.07) is 8.41. The second-order valence-corrected chi connectivity index (χ2v) is 4.80. The van der Waals surface area contributed by atoms with Crippen LogP contribution in [0.2, 0.25) is 0 Å². The monoisotopic (exact) mass is 236 g/mol. The molecule has 1 nitrogen and oxygen atoms in total. The molecule has 0 unspecified atom stereocenters. The zero-order chi connectivity index (χ0) is 12.9. The van der Waals surface area contributed by atoms with E-state index < -0.39 is 0 Å². The van der Waals surface area contributed by atoms with Gasteiger partial charge in [0.05, 0.1) is 0 Å². The van der Waals surface area contributed by atoms with Crippen molar-refractivity contribution in [1.29, 1.82) is 0 Å². The summed E-state index contributed by atoms with van der Waals surface area (Å²) in [6.45, 7) is 10.3. The molecule has 2 aromatic carbocycles. The molecule has 0 fully saturated rings. The number of hydrogen-bond donors (Lipinski definition) is 0. The van der Waals surface area contributed by atoms with E-state index in [1.165, 1.54) is 32.8 Å². The van der Waals surface area contributed by atoms with Gasteiger partial charge < -0.3 is 4.42 Å². The van der Waals surface area contributed by atoms with Crippen molar-refractivity contribution >= 4 is 27.8 Å². The van der Waals surface area contributed by atoms with Crippen LogP contribution in [-0.4, -0.2) is 0 Å². The molecule has 3 aromatic rings. The lowest BCUT2D eigenvalue weighted by Crippen LogP contribution is -1.87. The molecule has 90 valence electrons. The van der Waals surface area contributed by atoms with Crippen LogP contribution in [0.5, 0.6) is 0 Å². The molecule has 1 aromatic heterocycles. The maximum absolute atomic E-state index is 5.98. The molecular formula is C17H16O. The summed E-state index contributed by atoms with van der Waals surface area (Å²) in [5.41, 5.74) is 4.81. The zero-order valence-electron chi connectivity index (χ0n) is 11.0. The van der Waals surface area contributed by atoms with Crippen molar-refractivity contribution in [2.24, 2.45) is 0 Å². The lowest BCUT2D eigenvalue weighted by atomic mass is 9.95. The van der Waals surface area contributed by atoms with Gasteiger partial charge in [-0.3, -0.25) is 0 Å². The number of furan rings is 1. The van der Waals surface area contributed by atoms with Crippen molar-refractivity contribution in [1.82, 2.24) is 0 Å². The second-order valence-electron chi connectivity index (χ2n) is 4.80. The van der Waals surface area contributed by atoms with Crippen molar-refractivity contribution in [2.75, 3.05) is 0 Å². The molecule has 0 aliphatic heterocycles. The Labute approximate surface area is 107 Å². The first-order valence-corrected chi connectivity index (χ1v) is 6.18. The lowest BCUT2D eigenvalue weighted by Gasteiger charge is -2.08. The van der Waals surface area contributed by atoms with Crippen molar-refractivity contribution in [2.45, 2.75) is 20.8 Å². The Balaban J connectivity index is 2.67. The van der Waals surface area contributed by atoms with Crippen LogP contribution in [0.3, 0.4) is 0 Å². The van der Waals surface area contributed by atoms with E-state index in [9.17, 15) is 0 Å².